The van der Waals surface area contributed by atoms with Crippen LogP contribution in [-0.4, -0.2) is 103 Å². The number of allylic oxidation sites excluding steroid dienone is 3. The lowest BCUT2D eigenvalue weighted by molar-refractivity contribution is -0.347. The molecule has 2 aromatic rings. The van der Waals surface area contributed by atoms with Crippen LogP contribution in [-0.2, 0) is 50.7 Å². The molecule has 1 aliphatic rings. The Balaban J connectivity index is 1.45. The summed E-state index contributed by atoms with van der Waals surface area (Å²) in [6.07, 6.45) is -2.39. The number of aromatic nitrogens is 4. The maximum Gasteiger partial charge on any atom is 0.274 e. The normalized spacial score (nSPS) is 21.4. The van der Waals surface area contributed by atoms with Crippen LogP contribution in [0.2, 0.25) is 0 Å². The first-order valence-corrected chi connectivity index (χ1v) is 23.0. The van der Waals surface area contributed by atoms with Gasteiger partial charge in [0.2, 0.25) is 16.9 Å². The van der Waals surface area contributed by atoms with E-state index in [0.29, 0.717) is 5.75 Å². The van der Waals surface area contributed by atoms with Crippen molar-refractivity contribution < 1.29 is 80.5 Å². The van der Waals surface area contributed by atoms with Gasteiger partial charge in [0.05, 0.1) is 27.4 Å². The highest BCUT2D eigenvalue weighted by Gasteiger charge is 2.47. The Morgan fingerprint density at radius 2 is 1.73 bits per heavy atom. The van der Waals surface area contributed by atoms with Crippen molar-refractivity contribution in [2.24, 2.45) is 5.41 Å². The lowest BCUT2D eigenvalue weighted by Gasteiger charge is -2.36. The molecule has 7 atom stereocenters. The van der Waals surface area contributed by atoms with E-state index in [0.717, 1.165) is 47.4 Å². The molecule has 0 radical (unpaired) electrons. The second kappa shape index (κ2) is 21.7. The Kier molecular flexibility index (Phi) is 18.5. The number of aliphatic hydroxyl groups is 2. The average Bonchev–Trinajstić information content (AvgIpc) is 3.67. The minimum absolute atomic E-state index is 0.0220. The monoisotopic (exact) mass is 913 g/mol. The minimum atomic E-state index is -5.92. The van der Waals surface area contributed by atoms with Crippen LogP contribution in [0.5, 0.6) is 0 Å². The fourth-order valence-corrected chi connectivity index (χ4v) is 8.59. The van der Waals surface area contributed by atoms with E-state index in [2.05, 4.69) is 49.5 Å². The zero-order chi connectivity index (χ0) is 44.3. The van der Waals surface area contributed by atoms with E-state index < -0.39 is 84.6 Å². The Labute approximate surface area is 342 Å². The first-order valence-electron chi connectivity index (χ1n) is 17.6. The van der Waals surface area contributed by atoms with Gasteiger partial charge in [0, 0.05) is 30.7 Å². The van der Waals surface area contributed by atoms with Crippen molar-refractivity contribution in [1.29, 1.82) is 0 Å². The SMILES string of the molecule is CC(C)=CCC/C(C)=C/C(=O)SCCNC(=O)CCNC(=O)[C@H](O)C(C)(C)COP(=O)([O-])OP(=O)([O-])OC[C@H]1O[C@@H](n2cnc3c(N)ncnc32)[C@H](O)[C@@H]1OP(=O)([O-])[O-]. The van der Waals surface area contributed by atoms with Crippen molar-refractivity contribution >= 4 is 69.1 Å². The number of nitrogens with two attached hydrogens (primary N) is 1. The first-order chi connectivity index (χ1) is 27.3. The molecule has 3 heterocycles. The smallest absolute Gasteiger partial charge is 0.274 e. The van der Waals surface area contributed by atoms with Gasteiger partial charge in [-0.2, -0.15) is 0 Å². The molecule has 2 aromatic heterocycles. The Morgan fingerprint density at radius 3 is 2.39 bits per heavy atom. The van der Waals surface area contributed by atoms with Crippen molar-refractivity contribution in [1.82, 2.24) is 30.2 Å². The number of phosphoric acid groups is 3. The molecule has 1 fully saturated rings. The highest BCUT2D eigenvalue weighted by Crippen LogP contribution is 2.56. The lowest BCUT2D eigenvalue weighted by atomic mass is 9.87. The Hall–Kier alpha value is -2.96. The zero-order valence-electron chi connectivity index (χ0n) is 32.5. The highest BCUT2D eigenvalue weighted by atomic mass is 32.2. The van der Waals surface area contributed by atoms with Crippen LogP contribution in [0, 0.1) is 5.41 Å². The predicted octanol–water partition coefficient (Wildman–Crippen LogP) is -1.17. The van der Waals surface area contributed by atoms with Crippen molar-refractivity contribution in [2.45, 2.75) is 84.5 Å². The molecule has 2 amide bonds. The third kappa shape index (κ3) is 16.4. The second-order valence-electron chi connectivity index (χ2n) is 14.0. The van der Waals surface area contributed by atoms with Crippen LogP contribution in [0.1, 0.15) is 60.1 Å². The number of rotatable bonds is 23. The van der Waals surface area contributed by atoms with Gasteiger partial charge >= 0.3 is 0 Å². The van der Waals surface area contributed by atoms with Gasteiger partial charge in [-0.3, -0.25) is 28.1 Å². The van der Waals surface area contributed by atoms with E-state index in [1.165, 1.54) is 19.4 Å². The van der Waals surface area contributed by atoms with Crippen molar-refractivity contribution in [3.8, 4) is 0 Å². The fourth-order valence-electron chi connectivity index (χ4n) is 5.16. The number of aliphatic hydroxyl groups excluding tert-OH is 2. The molecule has 2 unspecified atom stereocenters. The zero-order valence-corrected chi connectivity index (χ0v) is 36.0. The minimum Gasteiger partial charge on any atom is -0.790 e. The predicted molar refractivity (Wildman–Crippen MR) is 201 cm³/mol. The molecule has 59 heavy (non-hydrogen) atoms. The molecule has 1 saturated heterocycles. The second-order valence-corrected chi connectivity index (χ2v) is 19.1. The molecular formula is C31H46N7O17P3S-4. The van der Waals surface area contributed by atoms with Crippen molar-refractivity contribution in [2.75, 3.05) is 37.8 Å². The van der Waals surface area contributed by atoms with Crippen LogP contribution in [0.3, 0.4) is 0 Å². The van der Waals surface area contributed by atoms with Crippen LogP contribution >= 0.6 is 35.2 Å². The summed E-state index contributed by atoms with van der Waals surface area (Å²) in [5.41, 5.74) is 6.20. The van der Waals surface area contributed by atoms with E-state index in [1.54, 1.807) is 6.08 Å². The van der Waals surface area contributed by atoms with E-state index in [-0.39, 0.29) is 41.6 Å². The van der Waals surface area contributed by atoms with Crippen LogP contribution in [0.4, 0.5) is 5.82 Å². The standard InChI is InChI=1S/C31H50N7O17P3S/c1-18(2)7-6-8-19(3)13-22(40)59-12-11-33-21(39)9-10-34-29(43)26(42)31(4,5)15-52-58(49,50)55-57(47,48)51-14-20-25(54-56(44,45)46)24(41)30(53-20)38-17-37-23-27(32)35-16-36-28(23)38/h7,13,16-17,20,24-26,30,41-42H,6,8-12,14-15H2,1-5H3,(H,33,39)(H,34,43)(H,47,48)(H,49,50)(H2,32,35,36)(H2,44,45,46)/p-4/b19-13+/t20-,24-,25-,26+,30-/m1/s1. The topological polar surface area (TPSA) is 375 Å². The van der Waals surface area contributed by atoms with E-state index in [9.17, 15) is 57.9 Å². The van der Waals surface area contributed by atoms with Gasteiger partial charge in [-0.25, -0.2) is 19.3 Å². The van der Waals surface area contributed by atoms with Crippen LogP contribution in [0.15, 0.2) is 36.0 Å². The molecular weight excluding hydrogens is 867 g/mol. The third-order valence-corrected chi connectivity index (χ3v) is 12.0. The number of ether oxygens (including phenoxy) is 1. The molecule has 332 valence electrons. The van der Waals surface area contributed by atoms with Gasteiger partial charge in [-0.1, -0.05) is 42.8 Å². The molecule has 0 bridgehead atoms. The quantitative estimate of drug-likeness (QED) is 0.0379. The number of nitrogen functional groups attached to an aromatic ring is 1. The number of carbonyl (C=O) groups excluding carboxylic acids is 3. The summed E-state index contributed by atoms with van der Waals surface area (Å²) in [7, 11) is -17.6. The number of fused-ring (bicyclic) bond motifs is 1. The maximum absolute atomic E-state index is 12.6. The summed E-state index contributed by atoms with van der Waals surface area (Å²) in [6, 6.07) is 0. The Morgan fingerprint density at radius 1 is 1.05 bits per heavy atom. The number of phosphoric ester groups is 3. The molecule has 0 saturated carbocycles. The number of thioether (sulfide) groups is 1. The number of carbonyl (C=O) groups is 3. The summed E-state index contributed by atoms with van der Waals surface area (Å²) in [6.45, 7) is 5.93. The lowest BCUT2D eigenvalue weighted by Crippen LogP contribution is -2.46. The molecule has 24 nitrogen and oxygen atoms in total. The number of nitrogens with zero attached hydrogens (tertiary/aromatic N) is 4. The molecule has 0 aliphatic carbocycles. The molecule has 0 spiro atoms. The van der Waals surface area contributed by atoms with Crippen LogP contribution < -0.4 is 35.9 Å². The molecule has 6 N–H and O–H groups in total. The molecule has 28 heteroatoms. The first kappa shape index (κ1) is 50.4. The summed E-state index contributed by atoms with van der Waals surface area (Å²) in [5.74, 6) is -1.25. The van der Waals surface area contributed by atoms with Gasteiger partial charge in [-0.05, 0) is 39.7 Å². The van der Waals surface area contributed by atoms with Gasteiger partial charge in [-0.15, -0.1) is 0 Å². The van der Waals surface area contributed by atoms with Gasteiger partial charge in [0.25, 0.3) is 15.6 Å². The fraction of sp³-hybridized carbons (Fsp3) is 0.613. The summed E-state index contributed by atoms with van der Waals surface area (Å²) in [4.78, 5) is 96.4. The number of hydrogen-bond acceptors (Lipinski definition) is 22. The number of imidazole rings is 1. The van der Waals surface area contributed by atoms with Gasteiger partial charge in [0.15, 0.2) is 17.7 Å². The summed E-state index contributed by atoms with van der Waals surface area (Å²) < 4.78 is 60.6. The van der Waals surface area contributed by atoms with Gasteiger partial charge < -0.3 is 69.0 Å². The summed E-state index contributed by atoms with van der Waals surface area (Å²) in [5, 5.41) is 26.1. The largest absolute Gasteiger partial charge is 0.790 e. The van der Waals surface area contributed by atoms with Crippen molar-refractivity contribution in [3.63, 3.8) is 0 Å². The number of anilines is 1. The van der Waals surface area contributed by atoms with E-state index >= 15 is 0 Å². The molecule has 1 aliphatic heterocycles. The highest BCUT2D eigenvalue weighted by molar-refractivity contribution is 8.14. The number of nitrogens with one attached hydrogen (secondary N) is 2. The molecule has 0 aromatic carbocycles. The van der Waals surface area contributed by atoms with E-state index in [1.807, 2.05) is 20.8 Å². The third-order valence-electron chi connectivity index (χ3n) is 8.18. The van der Waals surface area contributed by atoms with Gasteiger partial charge in [0.1, 0.15) is 36.3 Å². The maximum atomic E-state index is 12.6. The molecule has 3 rings (SSSR count). The average molecular weight is 914 g/mol. The number of amides is 2. The number of hydrogen-bond donors (Lipinski definition) is 5. The Bertz CT molecular complexity index is 2010. The van der Waals surface area contributed by atoms with Crippen molar-refractivity contribution in [3.05, 3.63) is 36.0 Å². The van der Waals surface area contributed by atoms with Crippen LogP contribution in [0.25, 0.3) is 11.2 Å². The summed E-state index contributed by atoms with van der Waals surface area (Å²) >= 11 is 1.03. The van der Waals surface area contributed by atoms with E-state index in [4.69, 9.17) is 10.5 Å².